The van der Waals surface area contributed by atoms with Crippen LogP contribution in [0.5, 0.6) is 11.5 Å². The van der Waals surface area contributed by atoms with Crippen molar-refractivity contribution in [3.63, 3.8) is 0 Å². The van der Waals surface area contributed by atoms with Crippen molar-refractivity contribution in [3.8, 4) is 11.5 Å². The number of nitrogens with zero attached hydrogens (tertiary/aromatic N) is 1. The average Bonchev–Trinajstić information content (AvgIpc) is 3.30. The van der Waals surface area contributed by atoms with Gasteiger partial charge < -0.3 is 20.4 Å². The summed E-state index contributed by atoms with van der Waals surface area (Å²) in [6.07, 6.45) is -0.247. The Balaban J connectivity index is 1.41. The van der Waals surface area contributed by atoms with Gasteiger partial charge in [0.25, 0.3) is 0 Å². The number of H-pyrrole nitrogens is 1. The largest absolute Gasteiger partial charge is 0.457 e. The van der Waals surface area contributed by atoms with Gasteiger partial charge in [-0.05, 0) is 79.4 Å². The average molecular weight is 486 g/mol. The highest BCUT2D eigenvalue weighted by molar-refractivity contribution is 5.99. The third-order valence-electron chi connectivity index (χ3n) is 5.19. The van der Waals surface area contributed by atoms with E-state index in [1.165, 1.54) is 6.07 Å². The molecule has 0 spiro atoms. The van der Waals surface area contributed by atoms with E-state index in [1.807, 2.05) is 6.07 Å². The van der Waals surface area contributed by atoms with Crippen LogP contribution in [-0.2, 0) is 12.6 Å². The van der Waals surface area contributed by atoms with Crippen molar-refractivity contribution in [1.82, 2.24) is 9.97 Å². The Labute approximate surface area is 198 Å². The van der Waals surface area contributed by atoms with Crippen molar-refractivity contribution in [1.29, 1.82) is 0 Å². The van der Waals surface area contributed by atoms with Gasteiger partial charge >= 0.3 is 12.2 Å². The van der Waals surface area contributed by atoms with Gasteiger partial charge in [-0.2, -0.15) is 13.2 Å². The minimum absolute atomic E-state index is 0.000679. The lowest BCUT2D eigenvalue weighted by atomic mass is 10.0. The van der Waals surface area contributed by atoms with Gasteiger partial charge in [0.05, 0.1) is 17.6 Å². The van der Waals surface area contributed by atoms with E-state index in [0.717, 1.165) is 17.5 Å². The van der Waals surface area contributed by atoms with Crippen molar-refractivity contribution < 1.29 is 27.1 Å². The number of nitrogens with one attached hydrogen (secondary N) is 3. The Kier molecular flexibility index (Phi) is 7.19. The molecule has 0 atom stereocenters. The second-order valence-corrected chi connectivity index (χ2v) is 7.82. The van der Waals surface area contributed by atoms with Crippen molar-refractivity contribution in [2.75, 3.05) is 17.3 Å². The molecule has 0 radical (unpaired) electrons. The highest BCUT2D eigenvalue weighted by Gasteiger charge is 2.31. The molecule has 2 amide bonds. The maximum absolute atomic E-state index is 13.3. The van der Waals surface area contributed by atoms with Crippen LogP contribution in [0, 0.1) is 0 Å². The van der Waals surface area contributed by atoms with E-state index in [0.29, 0.717) is 34.8 Å². The molecule has 2 aromatic heterocycles. The van der Waals surface area contributed by atoms with Crippen LogP contribution in [0.15, 0.2) is 67.0 Å². The summed E-state index contributed by atoms with van der Waals surface area (Å²) in [6, 6.07) is 12.8. The summed E-state index contributed by atoms with van der Waals surface area (Å²) in [5.74, 6) is 1.14. The molecule has 0 unspecified atom stereocenters. The third-order valence-corrected chi connectivity index (χ3v) is 5.19. The highest BCUT2D eigenvalue weighted by Crippen LogP contribution is 2.33. The molecule has 35 heavy (non-hydrogen) atoms. The molecule has 0 saturated carbocycles. The van der Waals surface area contributed by atoms with Crippen molar-refractivity contribution in [2.24, 2.45) is 0 Å². The highest BCUT2D eigenvalue weighted by atomic mass is 19.4. The van der Waals surface area contributed by atoms with E-state index in [9.17, 15) is 22.4 Å². The number of pyridine rings is 1. The van der Waals surface area contributed by atoms with Crippen molar-refractivity contribution in [2.45, 2.75) is 25.4 Å². The number of amides is 2. The third kappa shape index (κ3) is 6.28. The molecule has 182 valence electrons. The van der Waals surface area contributed by atoms with Crippen LogP contribution in [0.1, 0.15) is 24.0 Å². The smallest absolute Gasteiger partial charge is 0.416 e. The van der Waals surface area contributed by atoms with Gasteiger partial charge in [0.2, 0.25) is 0 Å². The molecule has 0 aliphatic heterocycles. The van der Waals surface area contributed by atoms with E-state index in [4.69, 9.17) is 4.74 Å². The summed E-state index contributed by atoms with van der Waals surface area (Å²) in [6.45, 7) is -0.532. The molecular weight excluding hydrogens is 464 g/mol. The van der Waals surface area contributed by atoms with E-state index < -0.39 is 24.4 Å². The number of benzene rings is 2. The van der Waals surface area contributed by atoms with E-state index >= 15 is 0 Å². The predicted molar refractivity (Wildman–Crippen MR) is 126 cm³/mol. The second kappa shape index (κ2) is 10.5. The zero-order valence-corrected chi connectivity index (χ0v) is 18.5. The van der Waals surface area contributed by atoms with Crippen LogP contribution in [-0.4, -0.2) is 22.7 Å². The number of ether oxygens (including phenoxy) is 1. The maximum atomic E-state index is 13.3. The number of carbonyl (C=O) groups excluding carboxylic acids is 1. The number of unbranched alkanes of at least 4 members (excludes halogenated alkanes) is 1. The fourth-order valence-electron chi connectivity index (χ4n) is 3.55. The van der Waals surface area contributed by atoms with Crippen LogP contribution < -0.4 is 15.4 Å². The lowest BCUT2D eigenvalue weighted by Gasteiger charge is -2.14. The van der Waals surface area contributed by atoms with Crippen LogP contribution in [0.4, 0.5) is 33.7 Å². The van der Waals surface area contributed by atoms with E-state index in [-0.39, 0.29) is 18.5 Å². The molecule has 4 rings (SSSR count). The Hall–Kier alpha value is -4.08. The number of hydrogen-bond acceptors (Lipinski definition) is 3. The number of hydrogen-bond donors (Lipinski definition) is 3. The number of alkyl halides is 4. The molecule has 6 nitrogen and oxygen atoms in total. The van der Waals surface area contributed by atoms with E-state index in [2.05, 4.69) is 20.6 Å². The summed E-state index contributed by atoms with van der Waals surface area (Å²) in [5, 5.41) is 5.84. The lowest BCUT2D eigenvalue weighted by molar-refractivity contribution is -0.137. The number of aromatic nitrogens is 2. The van der Waals surface area contributed by atoms with Gasteiger partial charge in [0, 0.05) is 23.8 Å². The van der Waals surface area contributed by atoms with Crippen LogP contribution >= 0.6 is 0 Å². The summed E-state index contributed by atoms with van der Waals surface area (Å²) in [5.41, 5.74) is 0.613. The summed E-state index contributed by atoms with van der Waals surface area (Å²) < 4.78 is 58.1. The Morgan fingerprint density at radius 2 is 1.74 bits per heavy atom. The molecule has 0 saturated heterocycles. The quantitative estimate of drug-likeness (QED) is 0.180. The topological polar surface area (TPSA) is 79.0 Å². The molecule has 4 aromatic rings. The minimum Gasteiger partial charge on any atom is -0.457 e. The number of rotatable bonds is 8. The molecule has 3 N–H and O–H groups in total. The monoisotopic (exact) mass is 486 g/mol. The summed E-state index contributed by atoms with van der Waals surface area (Å²) >= 11 is 0. The van der Waals surface area contributed by atoms with Crippen molar-refractivity contribution in [3.05, 3.63) is 78.1 Å². The van der Waals surface area contributed by atoms with Crippen LogP contribution in [0.2, 0.25) is 0 Å². The zero-order valence-electron chi connectivity index (χ0n) is 18.5. The molecule has 0 bridgehead atoms. The first-order chi connectivity index (χ1) is 16.8. The summed E-state index contributed by atoms with van der Waals surface area (Å²) in [4.78, 5) is 19.6. The number of aryl methyl sites for hydroxylation is 1. The first-order valence-electron chi connectivity index (χ1n) is 10.9. The standard InChI is InChI=1S/C25H22F4N4O2/c26-10-2-1-3-16-13-17(25(27,28)29)15-19(14-16)33-24(34)32-18-4-6-20(7-5-18)35-22-9-12-31-23-21(22)8-11-30-23/h4-9,11-15H,1-3,10H2,(H,30,31)(H2,32,33,34). The van der Waals surface area contributed by atoms with Gasteiger partial charge in [0.15, 0.2) is 0 Å². The number of aromatic amines is 1. The number of fused-ring (bicyclic) bond motifs is 1. The van der Waals surface area contributed by atoms with Crippen molar-refractivity contribution >= 4 is 28.4 Å². The fourth-order valence-corrected chi connectivity index (χ4v) is 3.55. The van der Waals surface area contributed by atoms with Gasteiger partial charge in [-0.25, -0.2) is 9.78 Å². The molecule has 10 heteroatoms. The van der Waals surface area contributed by atoms with Gasteiger partial charge in [-0.3, -0.25) is 4.39 Å². The molecule has 2 heterocycles. The lowest BCUT2D eigenvalue weighted by Crippen LogP contribution is -2.20. The second-order valence-electron chi connectivity index (χ2n) is 7.82. The van der Waals surface area contributed by atoms with Gasteiger partial charge in [-0.15, -0.1) is 0 Å². The fraction of sp³-hybridized carbons (Fsp3) is 0.200. The molecule has 0 aliphatic rings. The number of urea groups is 1. The normalized spacial score (nSPS) is 11.4. The summed E-state index contributed by atoms with van der Waals surface area (Å²) in [7, 11) is 0. The Morgan fingerprint density at radius 3 is 2.49 bits per heavy atom. The van der Waals surface area contributed by atoms with Gasteiger partial charge in [0.1, 0.15) is 17.1 Å². The molecular formula is C25H22F4N4O2. The minimum atomic E-state index is -4.57. The number of carbonyl (C=O) groups is 1. The first-order valence-corrected chi connectivity index (χ1v) is 10.9. The Morgan fingerprint density at radius 1 is 0.971 bits per heavy atom. The maximum Gasteiger partial charge on any atom is 0.416 e. The van der Waals surface area contributed by atoms with Gasteiger partial charge in [-0.1, -0.05) is 0 Å². The molecule has 2 aromatic carbocycles. The van der Waals surface area contributed by atoms with Crippen LogP contribution in [0.25, 0.3) is 11.0 Å². The SMILES string of the molecule is O=C(Nc1ccc(Oc2ccnc3[nH]ccc23)cc1)Nc1cc(CCCCF)cc(C(F)(F)F)c1. The number of anilines is 2. The zero-order chi connectivity index (χ0) is 24.8. The Bertz CT molecular complexity index is 1300. The van der Waals surface area contributed by atoms with Crippen LogP contribution in [0.3, 0.4) is 0 Å². The molecule has 0 aliphatic carbocycles. The first kappa shape index (κ1) is 24.1. The number of halogens is 4. The van der Waals surface area contributed by atoms with E-state index in [1.54, 1.807) is 42.7 Å². The molecule has 0 fully saturated rings. The predicted octanol–water partition coefficient (Wildman–Crippen LogP) is 7.31.